The van der Waals surface area contributed by atoms with Crippen LogP contribution in [0.25, 0.3) is 0 Å². The highest BCUT2D eigenvalue weighted by Crippen LogP contribution is 2.34. The zero-order chi connectivity index (χ0) is 21.7. The molecule has 5 heteroatoms. The molecule has 2 unspecified atom stereocenters. The molecule has 2 heterocycles. The van der Waals surface area contributed by atoms with E-state index in [-0.39, 0.29) is 29.9 Å². The molecule has 2 aliphatic rings. The average Bonchev–Trinajstić information content (AvgIpc) is 2.69. The van der Waals surface area contributed by atoms with E-state index < -0.39 is 5.60 Å². The maximum atomic E-state index is 13.2. The second-order valence-electron chi connectivity index (χ2n) is 9.77. The lowest BCUT2D eigenvalue weighted by Gasteiger charge is -2.47. The number of rotatable bonds is 7. The number of fused-ring (bicyclic) bond motifs is 2. The number of Topliss-reactive ketones (excluding diaryl/α,β-unsaturated/α-hetero) is 1. The molecule has 0 spiro atoms. The van der Waals surface area contributed by atoms with E-state index in [0.29, 0.717) is 26.1 Å². The van der Waals surface area contributed by atoms with Gasteiger partial charge < -0.3 is 9.47 Å². The van der Waals surface area contributed by atoms with Gasteiger partial charge in [0.05, 0.1) is 25.3 Å². The number of carbonyl (C=O) groups excluding carboxylic acids is 2. The Balaban J connectivity index is 1.61. The van der Waals surface area contributed by atoms with Crippen molar-refractivity contribution in [3.8, 4) is 0 Å². The van der Waals surface area contributed by atoms with Gasteiger partial charge in [0.2, 0.25) is 0 Å². The van der Waals surface area contributed by atoms with Crippen molar-refractivity contribution in [3.63, 3.8) is 0 Å². The highest BCUT2D eigenvalue weighted by atomic mass is 16.6. The largest absolute Gasteiger partial charge is 0.444 e. The van der Waals surface area contributed by atoms with Crippen molar-refractivity contribution in [2.45, 2.75) is 90.3 Å². The standard InChI is InChI=1S/C25H37NO4/c1-5-6-7-8-9-18-10-12-19(13-11-18)23(27)20-14-21-16-29-17-22(15-20)26(21)24(28)30-25(2,3)4/h10-13,20-22H,5-9,14-17H2,1-4H3. The molecular formula is C25H37NO4. The molecule has 0 N–H and O–H groups in total. The van der Waals surface area contributed by atoms with Crippen LogP contribution in [-0.4, -0.2) is 47.7 Å². The molecule has 2 saturated heterocycles. The Morgan fingerprint density at radius 3 is 2.23 bits per heavy atom. The number of morpholine rings is 1. The third-order valence-corrected chi connectivity index (χ3v) is 6.05. The maximum Gasteiger partial charge on any atom is 0.410 e. The van der Waals surface area contributed by atoms with Gasteiger partial charge in [-0.05, 0) is 52.0 Å². The Labute approximate surface area is 181 Å². The van der Waals surface area contributed by atoms with Gasteiger partial charge in [-0.15, -0.1) is 0 Å². The van der Waals surface area contributed by atoms with Gasteiger partial charge in [0.1, 0.15) is 5.60 Å². The van der Waals surface area contributed by atoms with Crippen LogP contribution in [0.15, 0.2) is 24.3 Å². The topological polar surface area (TPSA) is 55.8 Å². The highest BCUT2D eigenvalue weighted by molar-refractivity contribution is 5.98. The molecule has 2 atom stereocenters. The van der Waals surface area contributed by atoms with Crippen LogP contribution in [0.2, 0.25) is 0 Å². The monoisotopic (exact) mass is 415 g/mol. The van der Waals surface area contributed by atoms with Crippen LogP contribution in [0.3, 0.4) is 0 Å². The van der Waals surface area contributed by atoms with E-state index in [4.69, 9.17) is 9.47 Å². The third kappa shape index (κ3) is 5.84. The first-order chi connectivity index (χ1) is 14.3. The van der Waals surface area contributed by atoms with E-state index in [9.17, 15) is 9.59 Å². The first kappa shape index (κ1) is 22.8. The van der Waals surface area contributed by atoms with E-state index in [1.54, 1.807) is 0 Å². The summed E-state index contributed by atoms with van der Waals surface area (Å²) in [5.74, 6) is 0.117. The zero-order valence-electron chi connectivity index (χ0n) is 19.0. The number of piperidine rings is 1. The fourth-order valence-electron chi connectivity index (χ4n) is 4.57. The zero-order valence-corrected chi connectivity index (χ0v) is 19.0. The molecule has 5 nitrogen and oxygen atoms in total. The summed E-state index contributed by atoms with van der Waals surface area (Å²) in [7, 11) is 0. The van der Waals surface area contributed by atoms with Crippen molar-refractivity contribution < 1.29 is 19.1 Å². The van der Waals surface area contributed by atoms with Gasteiger partial charge in [-0.2, -0.15) is 0 Å². The summed E-state index contributed by atoms with van der Waals surface area (Å²) in [6, 6.07) is 7.95. The summed E-state index contributed by atoms with van der Waals surface area (Å²) in [6.07, 6.45) is 7.04. The molecule has 2 aliphatic heterocycles. The van der Waals surface area contributed by atoms with E-state index in [2.05, 4.69) is 19.1 Å². The molecule has 1 aromatic carbocycles. The number of amides is 1. The maximum absolute atomic E-state index is 13.2. The van der Waals surface area contributed by atoms with Crippen molar-refractivity contribution in [1.82, 2.24) is 4.90 Å². The highest BCUT2D eigenvalue weighted by Gasteiger charge is 2.45. The number of carbonyl (C=O) groups is 2. The van der Waals surface area contributed by atoms with Gasteiger partial charge in [0.25, 0.3) is 0 Å². The number of nitrogens with zero attached hydrogens (tertiary/aromatic N) is 1. The van der Waals surface area contributed by atoms with Crippen molar-refractivity contribution in [1.29, 1.82) is 0 Å². The van der Waals surface area contributed by atoms with Crippen LogP contribution < -0.4 is 0 Å². The van der Waals surface area contributed by atoms with Crippen LogP contribution in [0, 0.1) is 5.92 Å². The SMILES string of the molecule is CCCCCCc1ccc(C(=O)C2CC3COCC(C2)N3C(=O)OC(C)(C)C)cc1. The minimum absolute atomic E-state index is 0.0713. The minimum atomic E-state index is -0.531. The van der Waals surface area contributed by atoms with Crippen molar-refractivity contribution in [2.24, 2.45) is 5.92 Å². The van der Waals surface area contributed by atoms with Crippen LogP contribution in [0.1, 0.15) is 82.1 Å². The predicted molar refractivity (Wildman–Crippen MR) is 118 cm³/mol. The Morgan fingerprint density at radius 2 is 1.67 bits per heavy atom. The van der Waals surface area contributed by atoms with Crippen LogP contribution in [-0.2, 0) is 15.9 Å². The van der Waals surface area contributed by atoms with Gasteiger partial charge in [-0.25, -0.2) is 4.79 Å². The number of unbranched alkanes of at least 4 members (excludes halogenated alkanes) is 3. The molecule has 2 bridgehead atoms. The molecule has 1 amide bonds. The quantitative estimate of drug-likeness (QED) is 0.441. The summed E-state index contributed by atoms with van der Waals surface area (Å²) in [6.45, 7) is 8.79. The second-order valence-corrected chi connectivity index (χ2v) is 9.77. The predicted octanol–water partition coefficient (Wildman–Crippen LogP) is 5.41. The number of aryl methyl sites for hydroxylation is 1. The summed E-state index contributed by atoms with van der Waals surface area (Å²) in [5.41, 5.74) is 1.55. The summed E-state index contributed by atoms with van der Waals surface area (Å²) in [5, 5.41) is 0. The molecule has 0 aliphatic carbocycles. The van der Waals surface area contributed by atoms with Crippen molar-refractivity contribution >= 4 is 11.9 Å². The number of hydrogen-bond acceptors (Lipinski definition) is 4. The van der Waals surface area contributed by atoms with Crippen LogP contribution >= 0.6 is 0 Å². The van der Waals surface area contributed by atoms with Gasteiger partial charge in [-0.3, -0.25) is 9.69 Å². The average molecular weight is 416 g/mol. The van der Waals surface area contributed by atoms with Gasteiger partial charge in [0, 0.05) is 11.5 Å². The Bertz CT molecular complexity index is 708. The van der Waals surface area contributed by atoms with E-state index in [1.165, 1.54) is 31.2 Å². The smallest absolute Gasteiger partial charge is 0.410 e. The third-order valence-electron chi connectivity index (χ3n) is 6.05. The number of benzene rings is 1. The molecule has 0 saturated carbocycles. The lowest BCUT2D eigenvalue weighted by molar-refractivity contribution is -0.0861. The van der Waals surface area contributed by atoms with Crippen molar-refractivity contribution in [3.05, 3.63) is 35.4 Å². The van der Waals surface area contributed by atoms with Crippen molar-refractivity contribution in [2.75, 3.05) is 13.2 Å². The Morgan fingerprint density at radius 1 is 1.03 bits per heavy atom. The summed E-state index contributed by atoms with van der Waals surface area (Å²) in [4.78, 5) is 27.7. The molecule has 166 valence electrons. The van der Waals surface area contributed by atoms with E-state index >= 15 is 0 Å². The summed E-state index contributed by atoms with van der Waals surface area (Å²) >= 11 is 0. The number of hydrogen-bond donors (Lipinski definition) is 0. The first-order valence-corrected chi connectivity index (χ1v) is 11.5. The van der Waals surface area contributed by atoms with Gasteiger partial charge >= 0.3 is 6.09 Å². The normalized spacial score (nSPS) is 23.9. The minimum Gasteiger partial charge on any atom is -0.444 e. The molecule has 0 aromatic heterocycles. The first-order valence-electron chi connectivity index (χ1n) is 11.5. The molecular weight excluding hydrogens is 378 g/mol. The van der Waals surface area contributed by atoms with E-state index in [0.717, 1.165) is 12.0 Å². The fraction of sp³-hybridized carbons (Fsp3) is 0.680. The van der Waals surface area contributed by atoms with Crippen LogP contribution in [0.4, 0.5) is 4.79 Å². The molecule has 3 rings (SSSR count). The molecule has 1 aromatic rings. The Kier molecular flexibility index (Phi) is 7.56. The number of ether oxygens (including phenoxy) is 2. The van der Waals surface area contributed by atoms with Crippen LogP contribution in [0.5, 0.6) is 0 Å². The lowest BCUT2D eigenvalue weighted by Crippen LogP contribution is -2.60. The Hall–Kier alpha value is -1.88. The molecule has 2 fully saturated rings. The number of ketones is 1. The molecule has 30 heavy (non-hydrogen) atoms. The van der Waals surface area contributed by atoms with Gasteiger partial charge in [-0.1, -0.05) is 50.5 Å². The lowest BCUT2D eigenvalue weighted by atomic mass is 9.80. The summed E-state index contributed by atoms with van der Waals surface area (Å²) < 4.78 is 11.3. The van der Waals surface area contributed by atoms with E-state index in [1.807, 2.05) is 37.8 Å². The second kappa shape index (κ2) is 9.95. The van der Waals surface area contributed by atoms with Gasteiger partial charge in [0.15, 0.2) is 5.78 Å². The fourth-order valence-corrected chi connectivity index (χ4v) is 4.57. The molecule has 0 radical (unpaired) electrons.